The van der Waals surface area contributed by atoms with E-state index in [1.807, 2.05) is 0 Å². The van der Waals surface area contributed by atoms with Crippen molar-refractivity contribution in [2.24, 2.45) is 16.0 Å². The number of carbonyl (C=O) groups excluding carboxylic acids is 2. The Balaban J connectivity index is 3.33. The fourth-order valence-corrected chi connectivity index (χ4v) is 1.78. The lowest BCUT2D eigenvalue weighted by Crippen LogP contribution is -2.22. The molecule has 0 N–H and O–H groups in total. The standard InChI is InChI=1S/C16H21NO3/c1-15(2,3)13(18)10-7-8-11(12(9-10)17-20)14(19)16(4,5)6/h7-9H,1-6H3. The number of ketones is 2. The van der Waals surface area contributed by atoms with Crippen molar-refractivity contribution >= 4 is 17.3 Å². The highest BCUT2D eigenvalue weighted by Crippen LogP contribution is 2.30. The molecule has 1 aromatic rings. The molecule has 0 aromatic heterocycles. The first-order valence-electron chi connectivity index (χ1n) is 6.55. The van der Waals surface area contributed by atoms with Gasteiger partial charge in [0, 0.05) is 22.0 Å². The van der Waals surface area contributed by atoms with E-state index >= 15 is 0 Å². The Morgan fingerprint density at radius 2 is 1.40 bits per heavy atom. The molecule has 0 spiro atoms. The maximum atomic E-state index is 12.2. The molecule has 0 heterocycles. The van der Waals surface area contributed by atoms with Crippen LogP contribution in [0.1, 0.15) is 62.3 Å². The summed E-state index contributed by atoms with van der Waals surface area (Å²) in [5.74, 6) is -0.251. The van der Waals surface area contributed by atoms with Gasteiger partial charge < -0.3 is 0 Å². The van der Waals surface area contributed by atoms with Gasteiger partial charge in [-0.1, -0.05) is 47.6 Å². The Labute approximate surface area is 119 Å². The van der Waals surface area contributed by atoms with Crippen molar-refractivity contribution in [1.29, 1.82) is 0 Å². The third-order valence-corrected chi connectivity index (χ3v) is 2.97. The second kappa shape index (κ2) is 5.27. The summed E-state index contributed by atoms with van der Waals surface area (Å²) in [4.78, 5) is 35.4. The summed E-state index contributed by atoms with van der Waals surface area (Å²) in [6.45, 7) is 10.7. The fourth-order valence-electron chi connectivity index (χ4n) is 1.78. The highest BCUT2D eigenvalue weighted by Gasteiger charge is 2.28. The first-order chi connectivity index (χ1) is 8.98. The largest absolute Gasteiger partial charge is 0.294 e. The number of hydrogen-bond acceptors (Lipinski definition) is 4. The average Bonchev–Trinajstić information content (AvgIpc) is 2.34. The lowest BCUT2D eigenvalue weighted by molar-refractivity contribution is 0.0849. The van der Waals surface area contributed by atoms with Crippen LogP contribution < -0.4 is 0 Å². The minimum Gasteiger partial charge on any atom is -0.294 e. The summed E-state index contributed by atoms with van der Waals surface area (Å²) in [6.07, 6.45) is 0. The number of nitroso groups, excluding NO2 is 1. The van der Waals surface area contributed by atoms with Crippen molar-refractivity contribution in [3.63, 3.8) is 0 Å². The summed E-state index contributed by atoms with van der Waals surface area (Å²) in [5, 5.41) is 2.91. The second-order valence-electron chi connectivity index (χ2n) is 6.98. The van der Waals surface area contributed by atoms with Crippen LogP contribution in [0.3, 0.4) is 0 Å². The maximum absolute atomic E-state index is 12.2. The summed E-state index contributed by atoms with van der Waals surface area (Å²) in [6, 6.07) is 4.50. The quantitative estimate of drug-likeness (QED) is 0.600. The van der Waals surface area contributed by atoms with Crippen LogP contribution in [0.2, 0.25) is 0 Å². The fraction of sp³-hybridized carbons (Fsp3) is 0.500. The lowest BCUT2D eigenvalue weighted by Gasteiger charge is -2.19. The molecule has 0 radical (unpaired) electrons. The Kier molecular flexibility index (Phi) is 4.27. The predicted octanol–water partition coefficient (Wildman–Crippen LogP) is 4.54. The zero-order chi connectivity index (χ0) is 15.7. The highest BCUT2D eigenvalue weighted by molar-refractivity contribution is 6.06. The van der Waals surface area contributed by atoms with Gasteiger partial charge in [0.25, 0.3) is 0 Å². The molecular weight excluding hydrogens is 254 g/mol. The Bertz CT molecular complexity index is 560. The molecule has 0 saturated carbocycles. The van der Waals surface area contributed by atoms with Crippen LogP contribution >= 0.6 is 0 Å². The van der Waals surface area contributed by atoms with Gasteiger partial charge in [-0.05, 0) is 17.3 Å². The normalized spacial score (nSPS) is 12.1. The third-order valence-electron chi connectivity index (χ3n) is 2.97. The minimum absolute atomic E-state index is 0.0278. The van der Waals surface area contributed by atoms with Crippen LogP contribution in [0.25, 0.3) is 0 Å². The van der Waals surface area contributed by atoms with Crippen molar-refractivity contribution in [3.8, 4) is 0 Å². The number of Topliss-reactive ketones (excluding diaryl/α,β-unsaturated/α-hetero) is 2. The van der Waals surface area contributed by atoms with E-state index in [-0.39, 0.29) is 22.8 Å². The van der Waals surface area contributed by atoms with E-state index in [2.05, 4.69) is 5.18 Å². The SMILES string of the molecule is CC(C)(C)C(=O)c1ccc(C(=O)C(C)(C)C)c(N=O)c1. The van der Waals surface area contributed by atoms with Crippen LogP contribution in [0.5, 0.6) is 0 Å². The first-order valence-corrected chi connectivity index (χ1v) is 6.55. The van der Waals surface area contributed by atoms with Gasteiger partial charge in [0.15, 0.2) is 11.6 Å². The molecule has 0 unspecified atom stereocenters. The topological polar surface area (TPSA) is 63.6 Å². The van der Waals surface area contributed by atoms with Crippen molar-refractivity contribution in [3.05, 3.63) is 34.2 Å². The lowest BCUT2D eigenvalue weighted by atomic mass is 9.83. The number of hydrogen-bond donors (Lipinski definition) is 0. The Hall–Kier alpha value is -1.84. The zero-order valence-electron chi connectivity index (χ0n) is 12.9. The smallest absolute Gasteiger partial charge is 0.170 e. The number of rotatable bonds is 3. The van der Waals surface area contributed by atoms with Gasteiger partial charge in [0.05, 0.1) is 0 Å². The summed E-state index contributed by atoms with van der Waals surface area (Å²) in [7, 11) is 0. The second-order valence-corrected chi connectivity index (χ2v) is 6.98. The van der Waals surface area contributed by atoms with Gasteiger partial charge in [-0.15, -0.1) is 4.91 Å². The summed E-state index contributed by atoms with van der Waals surface area (Å²) >= 11 is 0. The van der Waals surface area contributed by atoms with Crippen LogP contribution in [0.15, 0.2) is 23.4 Å². The molecule has 0 aliphatic carbocycles. The van der Waals surface area contributed by atoms with Gasteiger partial charge in [0.2, 0.25) is 0 Å². The molecule has 20 heavy (non-hydrogen) atoms. The van der Waals surface area contributed by atoms with E-state index in [0.717, 1.165) is 0 Å². The van der Waals surface area contributed by atoms with E-state index in [9.17, 15) is 14.5 Å². The van der Waals surface area contributed by atoms with Crippen LogP contribution in [0, 0.1) is 15.7 Å². The molecular formula is C16H21NO3. The predicted molar refractivity (Wildman–Crippen MR) is 79.5 cm³/mol. The average molecular weight is 275 g/mol. The molecule has 0 aliphatic heterocycles. The van der Waals surface area contributed by atoms with Crippen LogP contribution in [-0.4, -0.2) is 11.6 Å². The summed E-state index contributed by atoms with van der Waals surface area (Å²) < 4.78 is 0. The van der Waals surface area contributed by atoms with Crippen LogP contribution in [0.4, 0.5) is 5.69 Å². The molecule has 1 aromatic carbocycles. The van der Waals surface area contributed by atoms with E-state index in [1.54, 1.807) is 47.6 Å². The van der Waals surface area contributed by atoms with Crippen molar-refractivity contribution < 1.29 is 9.59 Å². The van der Waals surface area contributed by atoms with E-state index < -0.39 is 10.8 Å². The molecule has 4 heteroatoms. The van der Waals surface area contributed by atoms with Gasteiger partial charge in [-0.2, -0.15) is 0 Å². The molecule has 0 aliphatic rings. The molecule has 1 rings (SSSR count). The van der Waals surface area contributed by atoms with Gasteiger partial charge in [-0.25, -0.2) is 0 Å². The summed E-state index contributed by atoms with van der Waals surface area (Å²) in [5.41, 5.74) is -0.458. The minimum atomic E-state index is -0.602. The Morgan fingerprint density at radius 1 is 0.900 bits per heavy atom. The monoisotopic (exact) mass is 275 g/mol. The maximum Gasteiger partial charge on any atom is 0.170 e. The van der Waals surface area contributed by atoms with Crippen molar-refractivity contribution in [2.45, 2.75) is 41.5 Å². The zero-order valence-corrected chi connectivity index (χ0v) is 12.9. The number of carbonyl (C=O) groups is 2. The van der Waals surface area contributed by atoms with Crippen molar-refractivity contribution in [2.75, 3.05) is 0 Å². The van der Waals surface area contributed by atoms with Gasteiger partial charge >= 0.3 is 0 Å². The number of nitrogens with zero attached hydrogens (tertiary/aromatic N) is 1. The highest BCUT2D eigenvalue weighted by atomic mass is 16.3. The Morgan fingerprint density at radius 3 is 1.80 bits per heavy atom. The molecule has 108 valence electrons. The van der Waals surface area contributed by atoms with E-state index in [4.69, 9.17) is 0 Å². The molecule has 0 atom stereocenters. The molecule has 0 bridgehead atoms. The molecule has 0 saturated heterocycles. The number of benzene rings is 1. The first kappa shape index (κ1) is 16.2. The van der Waals surface area contributed by atoms with Gasteiger partial charge in [-0.3, -0.25) is 9.59 Å². The van der Waals surface area contributed by atoms with E-state index in [1.165, 1.54) is 12.1 Å². The third kappa shape index (κ3) is 3.38. The van der Waals surface area contributed by atoms with Crippen LogP contribution in [-0.2, 0) is 0 Å². The van der Waals surface area contributed by atoms with E-state index in [0.29, 0.717) is 5.56 Å². The van der Waals surface area contributed by atoms with Gasteiger partial charge in [0.1, 0.15) is 5.69 Å². The molecule has 4 nitrogen and oxygen atoms in total. The molecule has 0 amide bonds. The molecule has 0 fully saturated rings. The van der Waals surface area contributed by atoms with Crippen molar-refractivity contribution in [1.82, 2.24) is 0 Å².